The van der Waals surface area contributed by atoms with E-state index in [1.807, 2.05) is 48.5 Å². The molecule has 0 aliphatic carbocycles. The van der Waals surface area contributed by atoms with Crippen LogP contribution in [0.3, 0.4) is 0 Å². The Morgan fingerprint density at radius 1 is 1.15 bits per heavy atom. The monoisotopic (exact) mass is 426 g/mol. The molecule has 6 heteroatoms. The molecule has 0 fully saturated rings. The van der Waals surface area contributed by atoms with E-state index in [1.165, 1.54) is 13.2 Å². The largest absolute Gasteiger partial charge is 0.497 e. The smallest absolute Gasteiger partial charge is 0.330 e. The molecule has 0 aliphatic heterocycles. The Bertz CT molecular complexity index is 985. The van der Waals surface area contributed by atoms with Gasteiger partial charge < -0.3 is 14.8 Å². The van der Waals surface area contributed by atoms with Crippen LogP contribution in [0.15, 0.2) is 59.1 Å². The Labute approximate surface area is 166 Å². The highest BCUT2D eigenvalue weighted by Crippen LogP contribution is 2.25. The van der Waals surface area contributed by atoms with Gasteiger partial charge in [-0.25, -0.2) is 9.78 Å². The summed E-state index contributed by atoms with van der Waals surface area (Å²) in [7, 11) is 3.00. The Morgan fingerprint density at radius 3 is 2.63 bits per heavy atom. The van der Waals surface area contributed by atoms with Gasteiger partial charge in [0.1, 0.15) is 11.6 Å². The summed E-state index contributed by atoms with van der Waals surface area (Å²) in [6.07, 6.45) is 3.09. The molecule has 2 aromatic carbocycles. The van der Waals surface area contributed by atoms with Gasteiger partial charge in [0.15, 0.2) is 0 Å². The predicted octanol–water partition coefficient (Wildman–Crippen LogP) is 4.80. The van der Waals surface area contributed by atoms with Crippen LogP contribution in [-0.4, -0.2) is 25.2 Å². The van der Waals surface area contributed by atoms with Crippen LogP contribution in [-0.2, 0) is 16.1 Å². The number of aromatic nitrogens is 1. The highest BCUT2D eigenvalue weighted by Gasteiger charge is 2.07. The van der Waals surface area contributed by atoms with E-state index >= 15 is 0 Å². The van der Waals surface area contributed by atoms with Crippen LogP contribution < -0.4 is 10.1 Å². The average Bonchev–Trinajstić information content (AvgIpc) is 2.70. The van der Waals surface area contributed by atoms with Crippen molar-refractivity contribution in [3.63, 3.8) is 0 Å². The van der Waals surface area contributed by atoms with Crippen molar-refractivity contribution >= 4 is 44.7 Å². The van der Waals surface area contributed by atoms with Crippen LogP contribution in [0.5, 0.6) is 5.75 Å². The molecule has 0 radical (unpaired) electrons. The molecule has 0 amide bonds. The number of nitrogens with zero attached hydrogens (tertiary/aromatic N) is 1. The maximum absolute atomic E-state index is 11.5. The fourth-order valence-electron chi connectivity index (χ4n) is 2.59. The topological polar surface area (TPSA) is 60.5 Å². The van der Waals surface area contributed by atoms with Crippen LogP contribution in [0.4, 0.5) is 5.82 Å². The first-order valence-electron chi connectivity index (χ1n) is 8.32. The van der Waals surface area contributed by atoms with E-state index in [1.54, 1.807) is 13.2 Å². The fourth-order valence-corrected chi connectivity index (χ4v) is 2.97. The van der Waals surface area contributed by atoms with Gasteiger partial charge in [-0.15, -0.1) is 0 Å². The number of halogens is 1. The second-order valence-corrected chi connectivity index (χ2v) is 6.74. The number of carbonyl (C=O) groups excluding carboxylic acids is 1. The van der Waals surface area contributed by atoms with Gasteiger partial charge in [0.2, 0.25) is 0 Å². The highest BCUT2D eigenvalue weighted by molar-refractivity contribution is 9.10. The molecule has 0 atom stereocenters. The summed E-state index contributed by atoms with van der Waals surface area (Å²) < 4.78 is 10.8. The van der Waals surface area contributed by atoms with Crippen LogP contribution >= 0.6 is 15.9 Å². The SMILES string of the molecule is COC(=O)C=Cc1cc2cc(Br)ccc2nc1NCc1ccc(OC)cc1. The summed E-state index contributed by atoms with van der Waals surface area (Å²) in [6.45, 7) is 0.595. The van der Waals surface area contributed by atoms with Crippen LogP contribution in [0, 0.1) is 0 Å². The first kappa shape index (κ1) is 18.9. The molecule has 0 unspecified atom stereocenters. The van der Waals surface area contributed by atoms with Gasteiger partial charge in [0.25, 0.3) is 0 Å². The first-order valence-corrected chi connectivity index (χ1v) is 9.11. The van der Waals surface area contributed by atoms with Gasteiger partial charge >= 0.3 is 5.97 Å². The van der Waals surface area contributed by atoms with E-state index < -0.39 is 5.97 Å². The second kappa shape index (κ2) is 8.68. The molecule has 0 bridgehead atoms. The molecule has 138 valence electrons. The first-order chi connectivity index (χ1) is 13.1. The van der Waals surface area contributed by atoms with Crippen LogP contribution in [0.1, 0.15) is 11.1 Å². The van der Waals surface area contributed by atoms with Crippen molar-refractivity contribution in [2.75, 3.05) is 19.5 Å². The van der Waals surface area contributed by atoms with Gasteiger partial charge in [0, 0.05) is 28.0 Å². The summed E-state index contributed by atoms with van der Waals surface area (Å²) >= 11 is 3.48. The molecule has 3 aromatic rings. The number of nitrogens with one attached hydrogen (secondary N) is 1. The quantitative estimate of drug-likeness (QED) is 0.452. The molecule has 1 heterocycles. The van der Waals surface area contributed by atoms with Crippen LogP contribution in [0.2, 0.25) is 0 Å². The summed E-state index contributed by atoms with van der Waals surface area (Å²) in [5.41, 5.74) is 2.77. The van der Waals surface area contributed by atoms with Crippen molar-refractivity contribution < 1.29 is 14.3 Å². The number of hydrogen-bond acceptors (Lipinski definition) is 5. The van der Waals surface area contributed by atoms with Gasteiger partial charge in [0.05, 0.1) is 19.7 Å². The summed E-state index contributed by atoms with van der Waals surface area (Å²) in [4.78, 5) is 16.2. The molecule has 0 saturated heterocycles. The minimum absolute atomic E-state index is 0.412. The molecule has 0 saturated carbocycles. The number of carbonyl (C=O) groups is 1. The lowest BCUT2D eigenvalue weighted by atomic mass is 10.1. The van der Waals surface area contributed by atoms with E-state index in [0.717, 1.165) is 32.3 Å². The molecule has 0 aliphatic rings. The number of anilines is 1. The number of pyridine rings is 1. The lowest BCUT2D eigenvalue weighted by Gasteiger charge is -2.11. The molecule has 5 nitrogen and oxygen atoms in total. The third-order valence-corrected chi connectivity index (χ3v) is 4.52. The Hall–Kier alpha value is -2.86. The van der Waals surface area contributed by atoms with Crippen molar-refractivity contribution in [3.05, 3.63) is 70.2 Å². The van der Waals surface area contributed by atoms with Crippen molar-refractivity contribution in [1.82, 2.24) is 4.98 Å². The van der Waals surface area contributed by atoms with E-state index in [0.29, 0.717) is 12.4 Å². The lowest BCUT2D eigenvalue weighted by Crippen LogP contribution is -2.04. The molecular formula is C21H19BrN2O3. The predicted molar refractivity (Wildman–Crippen MR) is 111 cm³/mol. The summed E-state index contributed by atoms with van der Waals surface area (Å²) in [5.74, 6) is 1.10. The van der Waals surface area contributed by atoms with Crippen LogP contribution in [0.25, 0.3) is 17.0 Å². The van der Waals surface area contributed by atoms with Crippen molar-refractivity contribution in [2.24, 2.45) is 0 Å². The molecule has 1 aromatic heterocycles. The van der Waals surface area contributed by atoms with E-state index in [9.17, 15) is 4.79 Å². The number of rotatable bonds is 6. The van der Waals surface area contributed by atoms with Crippen molar-refractivity contribution in [2.45, 2.75) is 6.54 Å². The van der Waals surface area contributed by atoms with Gasteiger partial charge in [-0.2, -0.15) is 0 Å². The normalized spacial score (nSPS) is 10.9. The third-order valence-electron chi connectivity index (χ3n) is 4.03. The highest BCUT2D eigenvalue weighted by atomic mass is 79.9. The number of benzene rings is 2. The minimum Gasteiger partial charge on any atom is -0.497 e. The van der Waals surface area contributed by atoms with E-state index in [4.69, 9.17) is 9.72 Å². The van der Waals surface area contributed by atoms with Crippen molar-refractivity contribution in [3.8, 4) is 5.75 Å². The zero-order valence-corrected chi connectivity index (χ0v) is 16.6. The Balaban J connectivity index is 1.91. The third kappa shape index (κ3) is 4.86. The molecule has 3 rings (SSSR count). The molecule has 0 spiro atoms. The maximum atomic E-state index is 11.5. The molecule has 27 heavy (non-hydrogen) atoms. The number of fused-ring (bicyclic) bond motifs is 1. The zero-order chi connectivity index (χ0) is 19.2. The van der Waals surface area contributed by atoms with E-state index in [2.05, 4.69) is 26.0 Å². The second-order valence-electron chi connectivity index (χ2n) is 5.82. The molecule has 1 N–H and O–H groups in total. The number of hydrogen-bond donors (Lipinski definition) is 1. The lowest BCUT2D eigenvalue weighted by molar-refractivity contribution is -0.134. The molecular weight excluding hydrogens is 408 g/mol. The van der Waals surface area contributed by atoms with Gasteiger partial charge in [-0.3, -0.25) is 0 Å². The summed E-state index contributed by atoms with van der Waals surface area (Å²) in [6, 6.07) is 15.7. The number of esters is 1. The Morgan fingerprint density at radius 2 is 1.93 bits per heavy atom. The Kier molecular flexibility index (Phi) is 6.08. The minimum atomic E-state index is -0.412. The number of ether oxygens (including phenoxy) is 2. The maximum Gasteiger partial charge on any atom is 0.330 e. The zero-order valence-electron chi connectivity index (χ0n) is 15.0. The van der Waals surface area contributed by atoms with Gasteiger partial charge in [-0.05, 0) is 48.0 Å². The van der Waals surface area contributed by atoms with Gasteiger partial charge in [-0.1, -0.05) is 28.1 Å². The number of methoxy groups -OCH3 is 2. The fraction of sp³-hybridized carbons (Fsp3) is 0.143. The average molecular weight is 427 g/mol. The van der Waals surface area contributed by atoms with Crippen molar-refractivity contribution in [1.29, 1.82) is 0 Å². The summed E-state index contributed by atoms with van der Waals surface area (Å²) in [5, 5.41) is 4.32. The standard InChI is InChI=1S/C21H19BrN2O3/c1-26-18-7-3-14(4-8-18)13-23-21-15(5-10-20(25)27-2)11-16-12-17(22)6-9-19(16)24-21/h3-12H,13H2,1-2H3,(H,23,24). The van der Waals surface area contributed by atoms with E-state index in [-0.39, 0.29) is 0 Å².